The molecule has 3 aliphatic heterocycles. The molecule has 7 aromatic heterocycles. The van der Waals surface area contributed by atoms with Crippen LogP contribution in [0.4, 0.5) is 5.82 Å². The van der Waals surface area contributed by atoms with E-state index in [0.29, 0.717) is 44.3 Å². The van der Waals surface area contributed by atoms with E-state index in [-0.39, 0.29) is 40.2 Å². The molecule has 3 N–H and O–H groups in total. The molecule has 0 aromatic carbocycles. The minimum absolute atomic E-state index is 0.00800. The van der Waals surface area contributed by atoms with Crippen LogP contribution in [-0.4, -0.2) is 62.9 Å². The average Bonchev–Trinajstić information content (AvgIpc) is 3.89. The van der Waals surface area contributed by atoms with Crippen LogP contribution >= 0.6 is 62.1 Å². The number of rotatable bonds is 2. The van der Waals surface area contributed by atoms with E-state index in [2.05, 4.69) is 96.4 Å². The normalized spacial score (nSPS) is 13.6. The highest BCUT2D eigenvalue weighted by atomic mass is 36.0. The van der Waals surface area contributed by atoms with Crippen LogP contribution in [0.5, 0.6) is 5.75 Å². The Kier molecular flexibility index (Phi) is 23.6. The summed E-state index contributed by atoms with van der Waals surface area (Å²) in [4.78, 5) is 74.7. The van der Waals surface area contributed by atoms with Crippen molar-refractivity contribution in [1.29, 1.82) is 0 Å². The number of pyridine rings is 5. The number of halogens is 5. The van der Waals surface area contributed by atoms with E-state index in [1.165, 1.54) is 18.6 Å². The lowest BCUT2D eigenvalue weighted by molar-refractivity contribution is -0.121. The summed E-state index contributed by atoms with van der Waals surface area (Å²) < 4.78 is 17.6. The number of nitrogens with one attached hydrogen (secondary N) is 1. The Morgan fingerprint density at radius 2 is 1.15 bits per heavy atom. The third-order valence-electron chi connectivity index (χ3n) is 10.6. The highest BCUT2D eigenvalue weighted by Gasteiger charge is 2.16. The van der Waals surface area contributed by atoms with Crippen molar-refractivity contribution in [2.75, 3.05) is 12.3 Å². The number of hydrogen-bond donors (Lipinski definition) is 2. The van der Waals surface area contributed by atoms with E-state index in [1.54, 1.807) is 51.9 Å². The van der Waals surface area contributed by atoms with Crippen molar-refractivity contribution in [3.63, 3.8) is 0 Å². The number of nitrogen functional groups attached to an aromatic ring is 1. The van der Waals surface area contributed by atoms with Gasteiger partial charge in [0.05, 0.1) is 10.8 Å². The van der Waals surface area contributed by atoms with Gasteiger partial charge < -0.3 is 15.8 Å². The molecular formula is C50H49Cl5N11O6P. The number of terminal acetylenes is 1. The molecule has 1 saturated heterocycles. The Hall–Kier alpha value is -6.43. The standard InChI is InChI=1S/C19H16N4O.C12H12ClN3O.C7H5N.C6H5ClN2O2.C6H11NO.Cl3OP/c24-19-16-11-10-15(9-8-14-6-3-4-12-20-14)21-18(16)22-17-7-2-1-5-13-23(17)19;13-9-6-5-8-11(14-9)15-10-4-2-1-3-7-16(10)12(8)17;1-2-7-5-3-4-6-8-7;7-5-2-1-4(11-3-10)6(8)9-5;8-6-4-2-1-3-5-7-6;1-5(2,3)4/h3-4,6,10-12H,1-2,5,7,13H2;5-6H,1-4,7H2;1,3-6H;1-3H,(H2,8,9);1-5H2,(H,7,8);. The molecule has 0 spiro atoms. The highest BCUT2D eigenvalue weighted by Crippen LogP contribution is 2.61. The van der Waals surface area contributed by atoms with Crippen LogP contribution in [0.15, 0.2) is 94.8 Å². The van der Waals surface area contributed by atoms with Crippen LogP contribution in [0.25, 0.3) is 22.1 Å². The van der Waals surface area contributed by atoms with Crippen molar-refractivity contribution in [2.45, 2.75) is 90.1 Å². The molecule has 0 unspecified atom stereocenters. The van der Waals surface area contributed by atoms with Crippen molar-refractivity contribution >= 4 is 102 Å². The van der Waals surface area contributed by atoms with Crippen molar-refractivity contribution in [1.82, 2.24) is 49.3 Å². The molecular weight excluding hydrogens is 1060 g/mol. The molecule has 380 valence electrons. The van der Waals surface area contributed by atoms with E-state index < -0.39 is 5.20 Å². The number of anilines is 1. The van der Waals surface area contributed by atoms with E-state index in [9.17, 15) is 23.7 Å². The monoisotopic (exact) mass is 1110 g/mol. The Labute approximate surface area is 445 Å². The summed E-state index contributed by atoms with van der Waals surface area (Å²) in [7, 11) is 0. The number of nitrogens with zero attached hydrogens (tertiary/aromatic N) is 9. The first-order valence-corrected chi connectivity index (χ1v) is 28.1. The first kappa shape index (κ1) is 57.5. The molecule has 10 rings (SSSR count). The van der Waals surface area contributed by atoms with Gasteiger partial charge >= 0.3 is 5.20 Å². The van der Waals surface area contributed by atoms with Crippen molar-refractivity contribution in [2.24, 2.45) is 0 Å². The van der Waals surface area contributed by atoms with Gasteiger partial charge in [-0.15, -0.1) is 6.42 Å². The highest BCUT2D eigenvalue weighted by molar-refractivity contribution is 8.24. The largest absolute Gasteiger partial charge is 0.425 e. The summed E-state index contributed by atoms with van der Waals surface area (Å²) in [5, 5.41) is 1.34. The van der Waals surface area contributed by atoms with E-state index in [1.807, 2.05) is 30.3 Å². The van der Waals surface area contributed by atoms with Gasteiger partial charge in [0.15, 0.2) is 22.9 Å². The second kappa shape index (κ2) is 29.9. The lowest BCUT2D eigenvalue weighted by Gasteiger charge is -2.09. The molecule has 0 radical (unpaired) electrons. The average molecular weight is 1110 g/mol. The first-order chi connectivity index (χ1) is 35.1. The van der Waals surface area contributed by atoms with Gasteiger partial charge in [-0.1, -0.05) is 60.5 Å². The van der Waals surface area contributed by atoms with Crippen molar-refractivity contribution < 1.29 is 18.9 Å². The van der Waals surface area contributed by atoms with Crippen LogP contribution in [0.2, 0.25) is 10.3 Å². The molecule has 0 bridgehead atoms. The minimum atomic E-state index is -3.22. The van der Waals surface area contributed by atoms with Crippen LogP contribution in [0, 0.1) is 24.2 Å². The van der Waals surface area contributed by atoms with E-state index in [4.69, 9.17) is 35.4 Å². The Morgan fingerprint density at radius 3 is 1.70 bits per heavy atom. The number of aryl methyl sites for hydroxylation is 2. The fraction of sp³-hybridized carbons (Fsp3) is 0.300. The smallest absolute Gasteiger partial charge is 0.339 e. The van der Waals surface area contributed by atoms with Gasteiger partial charge in [0.1, 0.15) is 39.0 Å². The number of fused-ring (bicyclic) bond motifs is 4. The van der Waals surface area contributed by atoms with Gasteiger partial charge in [0.2, 0.25) is 5.91 Å². The van der Waals surface area contributed by atoms with Gasteiger partial charge in [-0.3, -0.25) is 32.9 Å². The summed E-state index contributed by atoms with van der Waals surface area (Å²) in [6, 6.07) is 20.9. The molecule has 1 amide bonds. The lowest BCUT2D eigenvalue weighted by atomic mass is 10.2. The second-order valence-corrected chi connectivity index (χ2v) is 23.2. The summed E-state index contributed by atoms with van der Waals surface area (Å²) in [6.45, 7) is 2.68. The molecule has 23 heteroatoms. The summed E-state index contributed by atoms with van der Waals surface area (Å²) >= 11 is 25.2. The molecule has 10 heterocycles. The zero-order valence-corrected chi connectivity index (χ0v) is 43.9. The van der Waals surface area contributed by atoms with Crippen molar-refractivity contribution in [3.05, 3.63) is 145 Å². The number of nitrogens with two attached hydrogens (primary N) is 1. The molecule has 3 aliphatic rings. The third kappa shape index (κ3) is 19.8. The number of aromatic nitrogens is 9. The SMILES string of the molecule is C#Cc1ccccn1.Nc1nc(Cl)ccc1OC=O.O=C1CCCCCN1.O=P(Cl)(Cl)Cl.O=c1c2ccc(C#Cc3ccccn3)nc2nc2n1CCCCC2.O=c1c2ccc(Cl)nc2nc2n1CCCCC2. The van der Waals surface area contributed by atoms with Crippen LogP contribution in [-0.2, 0) is 40.1 Å². The molecule has 1 fully saturated rings. The zero-order valence-electron chi connectivity index (χ0n) is 39.2. The predicted molar refractivity (Wildman–Crippen MR) is 287 cm³/mol. The summed E-state index contributed by atoms with van der Waals surface area (Å²) in [5.41, 5.74) is 8.27. The summed E-state index contributed by atoms with van der Waals surface area (Å²) in [5.74, 6) is 10.6. The maximum atomic E-state index is 12.7. The van der Waals surface area contributed by atoms with Gasteiger partial charge in [0, 0.05) is 51.3 Å². The Morgan fingerprint density at radius 1 is 0.630 bits per heavy atom. The second-order valence-electron chi connectivity index (χ2n) is 15.8. The van der Waals surface area contributed by atoms with Gasteiger partial charge in [0.25, 0.3) is 17.6 Å². The topological polar surface area (TPSA) is 233 Å². The molecule has 73 heavy (non-hydrogen) atoms. The number of carbonyl (C=O) groups is 2. The maximum absolute atomic E-state index is 12.7. The maximum Gasteiger partial charge on any atom is 0.339 e. The zero-order chi connectivity index (χ0) is 52.6. The van der Waals surface area contributed by atoms with Crippen LogP contribution in [0.1, 0.15) is 92.9 Å². The quantitative estimate of drug-likeness (QED) is 0.0710. The fourth-order valence-electron chi connectivity index (χ4n) is 7.15. The Balaban J connectivity index is 0.000000176. The minimum Gasteiger partial charge on any atom is -0.425 e. The molecule has 0 saturated carbocycles. The molecule has 17 nitrogen and oxygen atoms in total. The number of ether oxygens (including phenoxy) is 1. The Bertz CT molecular complexity index is 3240. The van der Waals surface area contributed by atoms with Gasteiger partial charge in [-0.2, -0.15) is 0 Å². The molecule has 0 atom stereocenters. The number of amides is 1. The van der Waals surface area contributed by atoms with Crippen molar-refractivity contribution in [3.8, 4) is 29.9 Å². The molecule has 7 aromatic rings. The predicted octanol–water partition coefficient (Wildman–Crippen LogP) is 9.89. The molecule has 0 aliphatic carbocycles. The lowest BCUT2D eigenvalue weighted by Crippen LogP contribution is -2.24. The van der Waals surface area contributed by atoms with E-state index >= 15 is 0 Å². The van der Waals surface area contributed by atoms with E-state index in [0.717, 1.165) is 102 Å². The number of carbonyl (C=O) groups excluding carboxylic acids is 2. The van der Waals surface area contributed by atoms with Crippen LogP contribution in [0.3, 0.4) is 0 Å². The van der Waals surface area contributed by atoms with Crippen LogP contribution < -0.4 is 26.9 Å². The first-order valence-electron chi connectivity index (χ1n) is 22.9. The number of hydrogen-bond acceptors (Lipinski definition) is 14. The van der Waals surface area contributed by atoms with Gasteiger partial charge in [-0.05, 0) is 145 Å². The van der Waals surface area contributed by atoms with Gasteiger partial charge in [-0.25, -0.2) is 34.9 Å². The fourth-order valence-corrected chi connectivity index (χ4v) is 7.44. The summed E-state index contributed by atoms with van der Waals surface area (Å²) in [6.07, 6.45) is 20.8. The third-order valence-corrected chi connectivity index (χ3v) is 11.0.